The molecule has 0 N–H and O–H groups in total. The summed E-state index contributed by atoms with van der Waals surface area (Å²) in [6.45, 7) is 4.00. The molecule has 0 aromatic heterocycles. The van der Waals surface area contributed by atoms with Crippen LogP contribution in [-0.2, 0) is 39.2 Å². The fraction of sp³-hybridized carbons (Fsp3) is 0.0690. The van der Waals surface area contributed by atoms with Crippen molar-refractivity contribution in [2.45, 2.75) is 13.8 Å². The second-order valence-corrected chi connectivity index (χ2v) is 19.4. The monoisotopic (exact) mass is 1190 g/mol. The van der Waals surface area contributed by atoms with Gasteiger partial charge in [0.15, 0.2) is 0 Å². The number of esters is 2. The molecule has 0 spiro atoms. The van der Waals surface area contributed by atoms with Crippen LogP contribution in [0.5, 0.6) is 0 Å². The first-order chi connectivity index (χ1) is 34.3. The molecule has 0 aliphatic carbocycles. The van der Waals surface area contributed by atoms with Crippen LogP contribution in [0.15, 0.2) is 231 Å². The fourth-order valence-electron chi connectivity index (χ4n) is 5.82. The summed E-state index contributed by atoms with van der Waals surface area (Å²) in [5.41, 5.74) is 3.82. The molecule has 0 atom stereocenters. The minimum absolute atomic E-state index is 0. The molecule has 0 saturated heterocycles. The molecule has 0 fully saturated rings. The molecular formula is C58H50ClIrN2O8P2-. The van der Waals surface area contributed by atoms with Gasteiger partial charge in [-0.05, 0) is 85.8 Å². The van der Waals surface area contributed by atoms with E-state index in [0.29, 0.717) is 0 Å². The number of carbonyl (C=O) groups excluding carboxylic acids is 2. The third-order valence-corrected chi connectivity index (χ3v) is 14.0. The quantitative estimate of drug-likeness (QED) is 0.0926. The Morgan fingerprint density at radius 3 is 0.722 bits per heavy atom. The molecule has 14 heteroatoms. The number of carbonyl (C=O) groups is 2. The van der Waals surface area contributed by atoms with Crippen molar-refractivity contribution in [3.05, 3.63) is 253 Å². The number of aryl methyl sites for hydroxylation is 2. The van der Waals surface area contributed by atoms with Crippen molar-refractivity contribution in [2.24, 2.45) is 0 Å². The second-order valence-electron chi connectivity index (χ2n) is 14.3. The third kappa shape index (κ3) is 25.1. The first-order valence-electron chi connectivity index (χ1n) is 21.4. The Morgan fingerprint density at radius 2 is 0.569 bits per heavy atom. The average molecular weight is 1190 g/mol. The first-order valence-corrected chi connectivity index (χ1v) is 25.3. The van der Waals surface area contributed by atoms with E-state index in [2.05, 4.69) is 204 Å². The van der Waals surface area contributed by atoms with Crippen molar-refractivity contribution in [1.82, 2.24) is 0 Å². The molecule has 10 nitrogen and oxygen atoms in total. The van der Waals surface area contributed by atoms with Gasteiger partial charge in [0.2, 0.25) is 0 Å². The van der Waals surface area contributed by atoms with Crippen LogP contribution >= 0.6 is 15.8 Å². The van der Waals surface area contributed by atoms with Gasteiger partial charge in [0.25, 0.3) is 0 Å². The van der Waals surface area contributed by atoms with Crippen molar-refractivity contribution in [1.29, 1.82) is 10.5 Å². The summed E-state index contributed by atoms with van der Waals surface area (Å²) in [5.74, 6) is 2.28. The smallest absolute Gasteiger partial charge is 0.384 e. The number of nitriles is 2. The maximum Gasteiger partial charge on any atom is 0.384 e. The molecule has 0 bridgehead atoms. The van der Waals surface area contributed by atoms with E-state index in [1.807, 2.05) is 74.2 Å². The van der Waals surface area contributed by atoms with Gasteiger partial charge in [0.05, 0.1) is 37.5 Å². The van der Waals surface area contributed by atoms with Crippen LogP contribution in [0, 0.1) is 58.6 Å². The summed E-state index contributed by atoms with van der Waals surface area (Å²) < 4.78 is 42.2. The number of hydrogen-bond acceptors (Lipinski definition) is 10. The van der Waals surface area contributed by atoms with Gasteiger partial charge in [-0.3, -0.25) is 0 Å². The second kappa shape index (κ2) is 35.1. The summed E-state index contributed by atoms with van der Waals surface area (Å²) in [6, 6.07) is 83.7. The Labute approximate surface area is 440 Å². The van der Waals surface area contributed by atoms with Crippen LogP contribution in [0.2, 0.25) is 0 Å². The molecule has 0 aliphatic heterocycles. The Hall–Kier alpha value is -7.12. The van der Waals surface area contributed by atoms with Gasteiger partial charge in [-0.25, -0.2) is 28.2 Å². The maximum atomic E-state index is 10.2. The van der Waals surface area contributed by atoms with Crippen LogP contribution in [0.25, 0.3) is 0 Å². The number of methoxy groups -OCH3 is 2. The predicted octanol–water partition coefficient (Wildman–Crippen LogP) is 5.20. The van der Waals surface area contributed by atoms with Crippen LogP contribution in [0.4, 0.5) is 0 Å². The summed E-state index contributed by atoms with van der Waals surface area (Å²) in [7, 11) is -3.49. The Kier molecular flexibility index (Phi) is 29.7. The summed E-state index contributed by atoms with van der Waals surface area (Å²) in [6.07, 6.45) is 0. The molecule has 0 saturated carbocycles. The normalized spacial score (nSPS) is 9.50. The van der Waals surface area contributed by atoms with E-state index in [0.717, 1.165) is 11.1 Å². The number of benzene rings is 8. The third-order valence-electron chi connectivity index (χ3n) is 9.09. The molecule has 0 amide bonds. The number of hydrogen-bond donors (Lipinski definition) is 0. The van der Waals surface area contributed by atoms with Crippen LogP contribution in [-0.4, -0.2) is 26.2 Å². The van der Waals surface area contributed by atoms with Crippen molar-refractivity contribution < 1.29 is 68.0 Å². The molecular weight excluding hydrogens is 1140 g/mol. The summed E-state index contributed by atoms with van der Waals surface area (Å²) in [5, 5.41) is 25.1. The van der Waals surface area contributed by atoms with Gasteiger partial charge in [-0.15, -0.1) is 10.2 Å². The minimum atomic E-state index is -4.94. The van der Waals surface area contributed by atoms with E-state index in [-0.39, 0.29) is 20.1 Å². The molecule has 0 heterocycles. The molecule has 0 unspecified atom stereocenters. The van der Waals surface area contributed by atoms with Gasteiger partial charge in [-0.2, -0.15) is 10.5 Å². The summed E-state index contributed by atoms with van der Waals surface area (Å²) in [4.78, 5) is 20.5. The summed E-state index contributed by atoms with van der Waals surface area (Å²) >= 11 is 0. The van der Waals surface area contributed by atoms with Gasteiger partial charge in [0.1, 0.15) is 0 Å². The van der Waals surface area contributed by atoms with Crippen molar-refractivity contribution in [2.75, 3.05) is 14.2 Å². The molecule has 1 radical (unpaired) electrons. The number of rotatable bonds is 6. The molecule has 8 rings (SSSR count). The largest absolute Gasteiger partial charge is 0.459 e. The molecule has 8 aromatic rings. The molecule has 72 heavy (non-hydrogen) atoms. The zero-order chi connectivity index (χ0) is 51.7. The zero-order valence-electron chi connectivity index (χ0n) is 39.7. The van der Waals surface area contributed by atoms with Crippen LogP contribution in [0.3, 0.4) is 0 Å². The fourth-order valence-corrected chi connectivity index (χ4v) is 10.4. The van der Waals surface area contributed by atoms with E-state index < -0.39 is 38.0 Å². The van der Waals surface area contributed by atoms with Crippen molar-refractivity contribution in [3.8, 4) is 24.0 Å². The topological polar surface area (TPSA) is 192 Å². The van der Waals surface area contributed by atoms with Crippen LogP contribution < -0.4 is 50.5 Å². The van der Waals surface area contributed by atoms with E-state index in [4.69, 9.17) is 29.2 Å². The Morgan fingerprint density at radius 1 is 0.389 bits per heavy atom. The van der Waals surface area contributed by atoms with E-state index in [9.17, 15) is 9.59 Å². The van der Waals surface area contributed by atoms with Gasteiger partial charge in [0, 0.05) is 31.9 Å². The van der Waals surface area contributed by atoms with Crippen molar-refractivity contribution in [3.63, 3.8) is 0 Å². The minimum Gasteiger partial charge on any atom is -0.459 e. The van der Waals surface area contributed by atoms with Gasteiger partial charge >= 0.3 is 11.9 Å². The van der Waals surface area contributed by atoms with E-state index >= 15 is 0 Å². The number of halogens is 1. The number of nitrogens with zero attached hydrogens (tertiary/aromatic N) is 2. The standard InChI is InChI=1S/2C18H15P.2C8H7N.C6H6O4.ClHO4.Ir/c2*1-4-10-16(11-5-1)19(17-12-6-2-7-13-17)18-14-8-3-9-15-18;2*1-7-2-4-8(6-9)5-3-7;1-9-5(7)3-4-6(8)10-2;2-1(3,4)5;/h2*1-15H;2*2-5H,1H3;1-2H3;(H,2,3,4,5);/p-1. The first kappa shape index (κ1) is 61.0. The molecule has 367 valence electrons. The van der Waals surface area contributed by atoms with Crippen molar-refractivity contribution >= 4 is 59.6 Å². The SMILES string of the molecule is COC(=O)C#CC(=O)OC.Cc1ccc(C#N)cc1.Cc1ccc(C#N)cc1.[Ir].[O-][Cl+3]([O-])([O-])[O-].c1ccc(P(c2ccccc2)c2ccccc2)cc1.c1ccc(P(c2ccccc2)c2ccccc2)cc1. The molecule has 8 aromatic carbocycles. The average Bonchev–Trinajstić information content (AvgIpc) is 3.40. The van der Waals surface area contributed by atoms with E-state index in [1.54, 1.807) is 0 Å². The Balaban J connectivity index is 0.000000312. The van der Waals surface area contributed by atoms with E-state index in [1.165, 1.54) is 57.2 Å². The number of ether oxygens (including phenoxy) is 2. The molecule has 0 aliphatic rings. The van der Waals surface area contributed by atoms with Crippen LogP contribution in [0.1, 0.15) is 22.3 Å². The van der Waals surface area contributed by atoms with Gasteiger partial charge < -0.3 is 9.47 Å². The van der Waals surface area contributed by atoms with Gasteiger partial charge in [-0.1, -0.05) is 217 Å². The maximum absolute atomic E-state index is 10.2. The predicted molar refractivity (Wildman–Crippen MR) is 274 cm³/mol. The zero-order valence-corrected chi connectivity index (χ0v) is 44.6. The Bertz CT molecular complexity index is 2510.